The standard InChI is InChI=1S/C14H18N8OS/c1-5-14(4,12-17-8(2)6-24-12)19-11(23)10-18-9(3)22(21-10)13-15-7-16-20-13/h6-7H,5H2,1-4H3,(H,19,23)(H,15,16,20). The van der Waals surface area contributed by atoms with Gasteiger partial charge in [0.2, 0.25) is 11.8 Å². The summed E-state index contributed by atoms with van der Waals surface area (Å²) in [6.07, 6.45) is 2.07. The number of nitrogens with zero attached hydrogens (tertiary/aromatic N) is 6. The average Bonchev–Trinajstić information content (AvgIpc) is 3.27. The van der Waals surface area contributed by atoms with Crippen LogP contribution in [0.3, 0.4) is 0 Å². The van der Waals surface area contributed by atoms with E-state index >= 15 is 0 Å². The first kappa shape index (κ1) is 16.2. The highest BCUT2D eigenvalue weighted by Gasteiger charge is 2.31. The molecule has 10 heteroatoms. The van der Waals surface area contributed by atoms with Gasteiger partial charge in [-0.1, -0.05) is 6.92 Å². The number of aromatic amines is 1. The summed E-state index contributed by atoms with van der Waals surface area (Å²) >= 11 is 1.53. The number of hydrogen-bond acceptors (Lipinski definition) is 7. The molecule has 9 nitrogen and oxygen atoms in total. The molecule has 3 heterocycles. The third-order valence-electron chi connectivity index (χ3n) is 3.76. The van der Waals surface area contributed by atoms with Crippen LogP contribution in [0.2, 0.25) is 0 Å². The summed E-state index contributed by atoms with van der Waals surface area (Å²) in [5, 5.41) is 16.5. The van der Waals surface area contributed by atoms with E-state index in [0.717, 1.165) is 10.7 Å². The number of carbonyl (C=O) groups is 1. The number of aromatic nitrogens is 7. The van der Waals surface area contributed by atoms with Gasteiger partial charge in [0, 0.05) is 11.1 Å². The van der Waals surface area contributed by atoms with Crippen molar-refractivity contribution in [3.63, 3.8) is 0 Å². The lowest BCUT2D eigenvalue weighted by Crippen LogP contribution is -2.43. The predicted octanol–water partition coefficient (Wildman–Crippen LogP) is 1.51. The number of aryl methyl sites for hydroxylation is 2. The Morgan fingerprint density at radius 1 is 1.42 bits per heavy atom. The van der Waals surface area contributed by atoms with Crippen molar-refractivity contribution >= 4 is 17.2 Å². The van der Waals surface area contributed by atoms with Crippen molar-refractivity contribution in [3.05, 3.63) is 34.1 Å². The Kier molecular flexibility index (Phi) is 4.14. The van der Waals surface area contributed by atoms with Crippen LogP contribution in [0, 0.1) is 13.8 Å². The molecule has 3 aromatic heterocycles. The molecule has 3 rings (SSSR count). The maximum absolute atomic E-state index is 12.6. The minimum Gasteiger partial charge on any atom is -0.338 e. The van der Waals surface area contributed by atoms with Crippen LogP contribution in [-0.4, -0.2) is 40.8 Å². The Hall–Kier alpha value is -2.62. The minimum atomic E-state index is -0.568. The largest absolute Gasteiger partial charge is 0.338 e. The Morgan fingerprint density at radius 3 is 2.79 bits per heavy atom. The van der Waals surface area contributed by atoms with Gasteiger partial charge in [0.25, 0.3) is 5.91 Å². The molecule has 0 spiro atoms. The maximum atomic E-state index is 12.6. The normalized spacial score (nSPS) is 13.7. The first-order valence-corrected chi connectivity index (χ1v) is 8.35. The Labute approximate surface area is 142 Å². The van der Waals surface area contributed by atoms with Gasteiger partial charge in [-0.2, -0.15) is 14.8 Å². The van der Waals surface area contributed by atoms with Gasteiger partial charge in [0.1, 0.15) is 17.2 Å². The number of carbonyl (C=O) groups excluding carboxylic acids is 1. The quantitative estimate of drug-likeness (QED) is 0.724. The topological polar surface area (TPSA) is 114 Å². The molecule has 3 aromatic rings. The van der Waals surface area contributed by atoms with E-state index in [0.29, 0.717) is 18.2 Å². The van der Waals surface area contributed by atoms with Crippen molar-refractivity contribution in [3.8, 4) is 5.95 Å². The molecule has 1 amide bonds. The fourth-order valence-corrected chi connectivity index (χ4v) is 3.18. The van der Waals surface area contributed by atoms with E-state index in [-0.39, 0.29) is 11.7 Å². The lowest BCUT2D eigenvalue weighted by Gasteiger charge is -2.26. The molecule has 24 heavy (non-hydrogen) atoms. The summed E-state index contributed by atoms with van der Waals surface area (Å²) < 4.78 is 1.44. The lowest BCUT2D eigenvalue weighted by atomic mass is 10.00. The van der Waals surface area contributed by atoms with Gasteiger partial charge >= 0.3 is 0 Å². The van der Waals surface area contributed by atoms with Crippen LogP contribution in [0.25, 0.3) is 5.95 Å². The molecule has 0 saturated heterocycles. The Bertz CT molecular complexity index is 852. The third-order valence-corrected chi connectivity index (χ3v) is 4.99. The number of amides is 1. The molecular formula is C14H18N8OS. The molecule has 0 radical (unpaired) electrons. The van der Waals surface area contributed by atoms with Gasteiger partial charge in [-0.15, -0.1) is 16.4 Å². The van der Waals surface area contributed by atoms with E-state index in [9.17, 15) is 4.79 Å². The highest BCUT2D eigenvalue weighted by Crippen LogP contribution is 2.27. The molecule has 2 N–H and O–H groups in total. The fraction of sp³-hybridized carbons (Fsp3) is 0.429. The van der Waals surface area contributed by atoms with Gasteiger partial charge in [-0.25, -0.2) is 15.1 Å². The van der Waals surface area contributed by atoms with Crippen LogP contribution in [-0.2, 0) is 5.54 Å². The van der Waals surface area contributed by atoms with E-state index in [1.165, 1.54) is 22.3 Å². The first-order valence-electron chi connectivity index (χ1n) is 7.47. The number of nitrogens with one attached hydrogen (secondary N) is 2. The first-order chi connectivity index (χ1) is 11.4. The summed E-state index contributed by atoms with van der Waals surface area (Å²) in [4.78, 5) is 25.3. The smallest absolute Gasteiger partial charge is 0.291 e. The summed E-state index contributed by atoms with van der Waals surface area (Å²) in [5.41, 5.74) is 0.370. The predicted molar refractivity (Wildman–Crippen MR) is 88.0 cm³/mol. The third kappa shape index (κ3) is 2.92. The van der Waals surface area contributed by atoms with Crippen molar-refractivity contribution < 1.29 is 4.79 Å². The van der Waals surface area contributed by atoms with Crippen LogP contribution in [0.4, 0.5) is 0 Å². The molecule has 1 unspecified atom stereocenters. The van der Waals surface area contributed by atoms with Gasteiger partial charge in [0.15, 0.2) is 0 Å². The second kappa shape index (κ2) is 6.11. The monoisotopic (exact) mass is 346 g/mol. The molecule has 126 valence electrons. The SMILES string of the molecule is CCC(C)(NC(=O)c1nc(C)n(-c2ncn[nH]2)n1)c1nc(C)cs1. The van der Waals surface area contributed by atoms with Gasteiger partial charge in [-0.3, -0.25) is 4.79 Å². The average molecular weight is 346 g/mol. The van der Waals surface area contributed by atoms with Crippen molar-refractivity contribution in [1.29, 1.82) is 0 Å². The molecular weight excluding hydrogens is 328 g/mol. The van der Waals surface area contributed by atoms with Crippen LogP contribution in [0.15, 0.2) is 11.7 Å². The van der Waals surface area contributed by atoms with Gasteiger partial charge in [0.05, 0.1) is 5.54 Å². The van der Waals surface area contributed by atoms with E-state index in [2.05, 4.69) is 35.6 Å². The molecule has 0 fully saturated rings. The Morgan fingerprint density at radius 2 is 2.21 bits per heavy atom. The van der Waals surface area contributed by atoms with Gasteiger partial charge < -0.3 is 5.32 Å². The fourth-order valence-electron chi connectivity index (χ4n) is 2.19. The molecule has 0 aliphatic carbocycles. The zero-order valence-corrected chi connectivity index (χ0v) is 14.7. The number of H-pyrrole nitrogens is 1. The number of thiazole rings is 1. The minimum absolute atomic E-state index is 0.0804. The number of hydrogen-bond donors (Lipinski definition) is 2. The second-order valence-corrected chi connectivity index (χ2v) is 6.50. The van der Waals surface area contributed by atoms with E-state index < -0.39 is 5.54 Å². The van der Waals surface area contributed by atoms with Crippen LogP contribution in [0.5, 0.6) is 0 Å². The molecule has 0 bridgehead atoms. The zero-order chi connectivity index (χ0) is 17.3. The van der Waals surface area contributed by atoms with Crippen molar-refractivity contribution in [2.45, 2.75) is 39.7 Å². The lowest BCUT2D eigenvalue weighted by molar-refractivity contribution is 0.0891. The summed E-state index contributed by atoms with van der Waals surface area (Å²) in [6, 6.07) is 0. The van der Waals surface area contributed by atoms with E-state index in [1.807, 2.05) is 26.2 Å². The van der Waals surface area contributed by atoms with Crippen molar-refractivity contribution in [1.82, 2.24) is 40.2 Å². The van der Waals surface area contributed by atoms with E-state index in [4.69, 9.17) is 0 Å². The van der Waals surface area contributed by atoms with Gasteiger partial charge in [-0.05, 0) is 27.2 Å². The van der Waals surface area contributed by atoms with Crippen LogP contribution in [0.1, 0.15) is 47.4 Å². The van der Waals surface area contributed by atoms with Crippen LogP contribution < -0.4 is 5.32 Å². The zero-order valence-electron chi connectivity index (χ0n) is 13.9. The molecule has 0 saturated carbocycles. The number of rotatable bonds is 5. The molecule has 0 aliphatic heterocycles. The summed E-state index contributed by atoms with van der Waals surface area (Å²) in [7, 11) is 0. The van der Waals surface area contributed by atoms with Crippen molar-refractivity contribution in [2.75, 3.05) is 0 Å². The summed E-state index contributed by atoms with van der Waals surface area (Å²) in [5.74, 6) is 0.679. The molecule has 1 atom stereocenters. The van der Waals surface area contributed by atoms with Crippen molar-refractivity contribution in [2.24, 2.45) is 0 Å². The maximum Gasteiger partial charge on any atom is 0.291 e. The summed E-state index contributed by atoms with van der Waals surface area (Å²) in [6.45, 7) is 7.63. The molecule has 0 aliphatic rings. The van der Waals surface area contributed by atoms with Crippen LogP contribution >= 0.6 is 11.3 Å². The van der Waals surface area contributed by atoms with E-state index in [1.54, 1.807) is 6.92 Å². The highest BCUT2D eigenvalue weighted by molar-refractivity contribution is 7.09. The highest BCUT2D eigenvalue weighted by atomic mass is 32.1. The molecule has 0 aromatic carbocycles. The Balaban J connectivity index is 1.85. The second-order valence-electron chi connectivity index (χ2n) is 5.64.